The molecular formula is C11H16O4. The minimum Gasteiger partial charge on any atom is -0.389 e. The van der Waals surface area contributed by atoms with Gasteiger partial charge in [-0.1, -0.05) is 5.57 Å². The SMILES string of the molecule is C[C@H]1CC2=C(CO1)C(=O)[C@](C)(O)[C@@H](O)C2. The molecule has 2 rings (SSSR count). The first-order chi connectivity index (χ1) is 6.93. The maximum atomic E-state index is 11.9. The van der Waals surface area contributed by atoms with Crippen molar-refractivity contribution in [2.45, 2.75) is 44.5 Å². The molecule has 2 aliphatic rings. The highest BCUT2D eigenvalue weighted by Gasteiger charge is 2.46. The van der Waals surface area contributed by atoms with Gasteiger partial charge in [0.2, 0.25) is 0 Å². The molecular weight excluding hydrogens is 196 g/mol. The predicted molar refractivity (Wildman–Crippen MR) is 53.3 cm³/mol. The zero-order valence-corrected chi connectivity index (χ0v) is 8.99. The fourth-order valence-electron chi connectivity index (χ4n) is 2.18. The molecule has 1 aliphatic heterocycles. The molecule has 0 fully saturated rings. The molecule has 0 saturated heterocycles. The average Bonchev–Trinajstić information content (AvgIpc) is 2.15. The van der Waals surface area contributed by atoms with Gasteiger partial charge in [0.25, 0.3) is 0 Å². The molecule has 1 heterocycles. The summed E-state index contributed by atoms with van der Waals surface area (Å²) in [6, 6.07) is 0. The zero-order valence-electron chi connectivity index (χ0n) is 8.99. The number of Topliss-reactive ketones (excluding diaryl/α,β-unsaturated/α-hetero) is 1. The van der Waals surface area contributed by atoms with Gasteiger partial charge >= 0.3 is 0 Å². The second kappa shape index (κ2) is 3.40. The van der Waals surface area contributed by atoms with Gasteiger partial charge in [0, 0.05) is 5.57 Å². The van der Waals surface area contributed by atoms with Crippen LogP contribution in [0, 0.1) is 0 Å². The Morgan fingerprint density at radius 2 is 2.13 bits per heavy atom. The van der Waals surface area contributed by atoms with Gasteiger partial charge in [0.15, 0.2) is 11.4 Å². The van der Waals surface area contributed by atoms with E-state index in [1.54, 1.807) is 0 Å². The van der Waals surface area contributed by atoms with Crippen LogP contribution in [0.1, 0.15) is 26.7 Å². The third-order valence-corrected chi connectivity index (χ3v) is 3.30. The maximum absolute atomic E-state index is 11.9. The van der Waals surface area contributed by atoms with Crippen LogP contribution in [-0.4, -0.2) is 40.4 Å². The van der Waals surface area contributed by atoms with Gasteiger partial charge in [-0.25, -0.2) is 0 Å². The van der Waals surface area contributed by atoms with Gasteiger partial charge in [0.05, 0.1) is 18.8 Å². The lowest BCUT2D eigenvalue weighted by molar-refractivity contribution is -0.147. The first kappa shape index (κ1) is 10.8. The highest BCUT2D eigenvalue weighted by Crippen LogP contribution is 2.35. The largest absolute Gasteiger partial charge is 0.389 e. The molecule has 0 spiro atoms. The highest BCUT2D eigenvalue weighted by molar-refractivity contribution is 6.04. The average molecular weight is 212 g/mol. The molecule has 3 atom stereocenters. The van der Waals surface area contributed by atoms with Crippen LogP contribution < -0.4 is 0 Å². The van der Waals surface area contributed by atoms with Crippen LogP contribution in [0.25, 0.3) is 0 Å². The number of hydrogen-bond donors (Lipinski definition) is 2. The Kier molecular flexibility index (Phi) is 2.45. The van der Waals surface area contributed by atoms with E-state index >= 15 is 0 Å². The van der Waals surface area contributed by atoms with Crippen molar-refractivity contribution in [2.75, 3.05) is 6.61 Å². The maximum Gasteiger partial charge on any atom is 0.195 e. The number of carbonyl (C=O) groups excluding carboxylic acids is 1. The lowest BCUT2D eigenvalue weighted by Gasteiger charge is -2.38. The number of aliphatic hydroxyl groups is 2. The van der Waals surface area contributed by atoms with Crippen molar-refractivity contribution >= 4 is 5.78 Å². The van der Waals surface area contributed by atoms with E-state index in [1.165, 1.54) is 6.92 Å². The molecule has 0 aromatic carbocycles. The van der Waals surface area contributed by atoms with Crippen molar-refractivity contribution in [2.24, 2.45) is 0 Å². The molecule has 0 unspecified atom stereocenters. The number of rotatable bonds is 0. The van der Waals surface area contributed by atoms with E-state index in [0.29, 0.717) is 18.4 Å². The predicted octanol–water partition coefficient (Wildman–Crippen LogP) is 0.176. The minimum atomic E-state index is -1.65. The van der Waals surface area contributed by atoms with E-state index in [4.69, 9.17) is 4.74 Å². The highest BCUT2D eigenvalue weighted by atomic mass is 16.5. The Bertz CT molecular complexity index is 329. The summed E-state index contributed by atoms with van der Waals surface area (Å²) in [6.45, 7) is 3.56. The van der Waals surface area contributed by atoms with Crippen LogP contribution in [0.3, 0.4) is 0 Å². The van der Waals surface area contributed by atoms with Crippen molar-refractivity contribution < 1.29 is 19.7 Å². The van der Waals surface area contributed by atoms with E-state index in [0.717, 1.165) is 5.57 Å². The Labute approximate surface area is 88.6 Å². The molecule has 0 aromatic rings. The first-order valence-corrected chi connectivity index (χ1v) is 5.20. The lowest BCUT2D eigenvalue weighted by atomic mass is 9.76. The summed E-state index contributed by atoms with van der Waals surface area (Å²) in [7, 11) is 0. The van der Waals surface area contributed by atoms with Crippen LogP contribution >= 0.6 is 0 Å². The number of carbonyl (C=O) groups is 1. The third kappa shape index (κ3) is 1.62. The Hall–Kier alpha value is -0.710. The van der Waals surface area contributed by atoms with Crippen molar-refractivity contribution in [1.82, 2.24) is 0 Å². The lowest BCUT2D eigenvalue weighted by Crippen LogP contribution is -2.52. The topological polar surface area (TPSA) is 66.8 Å². The van der Waals surface area contributed by atoms with Gasteiger partial charge in [-0.15, -0.1) is 0 Å². The van der Waals surface area contributed by atoms with Crippen molar-refractivity contribution in [1.29, 1.82) is 0 Å². The molecule has 4 heteroatoms. The summed E-state index contributed by atoms with van der Waals surface area (Å²) in [5.74, 6) is -0.386. The molecule has 0 amide bonds. The van der Waals surface area contributed by atoms with Gasteiger partial charge in [0.1, 0.15) is 0 Å². The molecule has 84 valence electrons. The number of ether oxygens (including phenoxy) is 1. The number of aliphatic hydroxyl groups excluding tert-OH is 1. The van der Waals surface area contributed by atoms with E-state index in [-0.39, 0.29) is 18.5 Å². The van der Waals surface area contributed by atoms with Crippen LogP contribution in [0.15, 0.2) is 11.1 Å². The Morgan fingerprint density at radius 3 is 2.80 bits per heavy atom. The van der Waals surface area contributed by atoms with E-state index in [1.807, 2.05) is 6.92 Å². The summed E-state index contributed by atoms with van der Waals surface area (Å²) >= 11 is 0. The van der Waals surface area contributed by atoms with Crippen LogP contribution in [0.4, 0.5) is 0 Å². The Balaban J connectivity index is 2.35. The second-order valence-electron chi connectivity index (χ2n) is 4.60. The molecule has 4 nitrogen and oxygen atoms in total. The van der Waals surface area contributed by atoms with Crippen LogP contribution in [0.5, 0.6) is 0 Å². The molecule has 0 bridgehead atoms. The molecule has 2 N–H and O–H groups in total. The first-order valence-electron chi connectivity index (χ1n) is 5.20. The van der Waals surface area contributed by atoms with E-state index < -0.39 is 11.7 Å². The van der Waals surface area contributed by atoms with Gasteiger partial charge in [-0.3, -0.25) is 4.79 Å². The monoisotopic (exact) mass is 212 g/mol. The van der Waals surface area contributed by atoms with Crippen molar-refractivity contribution in [3.05, 3.63) is 11.1 Å². The van der Waals surface area contributed by atoms with Gasteiger partial charge in [-0.05, 0) is 26.7 Å². The second-order valence-corrected chi connectivity index (χ2v) is 4.60. The van der Waals surface area contributed by atoms with Gasteiger partial charge < -0.3 is 14.9 Å². The van der Waals surface area contributed by atoms with E-state index in [9.17, 15) is 15.0 Å². The third-order valence-electron chi connectivity index (χ3n) is 3.30. The van der Waals surface area contributed by atoms with Crippen molar-refractivity contribution in [3.8, 4) is 0 Å². The molecule has 1 aliphatic carbocycles. The fourth-order valence-corrected chi connectivity index (χ4v) is 2.18. The van der Waals surface area contributed by atoms with Crippen LogP contribution in [0.2, 0.25) is 0 Å². The minimum absolute atomic E-state index is 0.0896. The Morgan fingerprint density at radius 1 is 1.47 bits per heavy atom. The van der Waals surface area contributed by atoms with E-state index in [2.05, 4.69) is 0 Å². The number of ketones is 1. The molecule has 15 heavy (non-hydrogen) atoms. The van der Waals surface area contributed by atoms with Crippen LogP contribution in [-0.2, 0) is 9.53 Å². The van der Waals surface area contributed by atoms with Gasteiger partial charge in [-0.2, -0.15) is 0 Å². The number of hydrogen-bond acceptors (Lipinski definition) is 4. The summed E-state index contributed by atoms with van der Waals surface area (Å²) in [6.07, 6.45) is 0.150. The summed E-state index contributed by atoms with van der Waals surface area (Å²) in [4.78, 5) is 11.9. The summed E-state index contributed by atoms with van der Waals surface area (Å²) in [5, 5.41) is 19.5. The smallest absolute Gasteiger partial charge is 0.195 e. The molecule has 0 saturated carbocycles. The molecule has 0 radical (unpaired) electrons. The fraction of sp³-hybridized carbons (Fsp3) is 0.727. The quantitative estimate of drug-likeness (QED) is 0.601. The summed E-state index contributed by atoms with van der Waals surface area (Å²) < 4.78 is 5.37. The normalized spacial score (nSPS) is 41.7. The standard InChI is InChI=1S/C11H16O4/c1-6-3-7-4-9(12)11(2,14)10(13)8(7)5-15-6/h6,9,12,14H,3-5H2,1-2H3/t6-,9-,11+/m0/s1. The molecule has 0 aromatic heterocycles. The van der Waals surface area contributed by atoms with Crippen molar-refractivity contribution in [3.63, 3.8) is 0 Å². The zero-order chi connectivity index (χ0) is 11.2. The summed E-state index contributed by atoms with van der Waals surface area (Å²) in [5.41, 5.74) is -0.149.